The summed E-state index contributed by atoms with van der Waals surface area (Å²) in [5.41, 5.74) is 0.953. The lowest BCUT2D eigenvalue weighted by Crippen LogP contribution is -2.63. The minimum atomic E-state index is -1.15. The summed E-state index contributed by atoms with van der Waals surface area (Å²) in [4.78, 5) is 29.8. The average molecular weight is 482 g/mol. The van der Waals surface area contributed by atoms with Gasteiger partial charge in [0.05, 0.1) is 6.54 Å². The third-order valence-corrected chi connectivity index (χ3v) is 7.49. The number of benzene rings is 2. The molecule has 33 heavy (non-hydrogen) atoms. The van der Waals surface area contributed by atoms with Gasteiger partial charge in [-0.1, -0.05) is 41.9 Å². The van der Waals surface area contributed by atoms with E-state index in [1.165, 1.54) is 12.1 Å². The molecule has 0 spiro atoms. The number of halogens is 2. The van der Waals surface area contributed by atoms with Crippen LogP contribution in [0.1, 0.15) is 28.5 Å². The van der Waals surface area contributed by atoms with Gasteiger partial charge >= 0.3 is 0 Å². The number of rotatable bonds is 5. The number of nitrogens with zero attached hydrogens (tertiary/aromatic N) is 2. The number of hydrogen-bond donors (Lipinski definition) is 1. The van der Waals surface area contributed by atoms with E-state index in [0.29, 0.717) is 17.3 Å². The third-order valence-electron chi connectivity index (χ3n) is 6.17. The van der Waals surface area contributed by atoms with Gasteiger partial charge in [-0.05, 0) is 53.8 Å². The number of hydrogen-bond acceptors (Lipinski definition) is 3. The average Bonchev–Trinajstić information content (AvgIpc) is 3.40. The van der Waals surface area contributed by atoms with Crippen LogP contribution in [0.3, 0.4) is 0 Å². The van der Waals surface area contributed by atoms with Gasteiger partial charge in [0.15, 0.2) is 0 Å². The first-order valence-corrected chi connectivity index (χ1v) is 11.8. The molecule has 1 aliphatic heterocycles. The van der Waals surface area contributed by atoms with Crippen LogP contribution in [-0.2, 0) is 24.4 Å². The molecular formula is C25H21ClFN3O2S. The summed E-state index contributed by atoms with van der Waals surface area (Å²) in [7, 11) is 0. The Labute approximate surface area is 199 Å². The predicted molar refractivity (Wildman–Crippen MR) is 128 cm³/mol. The molecule has 1 atom stereocenters. The minimum Gasteiger partial charge on any atom is -0.350 e. The molecule has 1 N–H and O–H groups in total. The first-order chi connectivity index (χ1) is 15.9. The van der Waals surface area contributed by atoms with E-state index in [2.05, 4.69) is 5.32 Å². The highest BCUT2D eigenvalue weighted by atomic mass is 35.5. The zero-order valence-corrected chi connectivity index (χ0v) is 19.4. The van der Waals surface area contributed by atoms with Gasteiger partial charge in [-0.25, -0.2) is 4.39 Å². The Bertz CT molecular complexity index is 1360. The second kappa shape index (κ2) is 8.32. The van der Waals surface area contributed by atoms with Crippen LogP contribution >= 0.6 is 22.9 Å². The normalized spacial score (nSPS) is 17.9. The Kier molecular flexibility index (Phi) is 5.46. The van der Waals surface area contributed by atoms with Crippen molar-refractivity contribution in [2.45, 2.75) is 32.1 Å². The van der Waals surface area contributed by atoms with Gasteiger partial charge in [0.2, 0.25) is 5.91 Å². The lowest BCUT2D eigenvalue weighted by Gasteiger charge is -2.44. The van der Waals surface area contributed by atoms with Crippen LogP contribution in [0, 0.1) is 5.82 Å². The van der Waals surface area contributed by atoms with Crippen molar-refractivity contribution in [1.82, 2.24) is 14.8 Å². The van der Waals surface area contributed by atoms with Crippen molar-refractivity contribution in [3.05, 3.63) is 93.7 Å². The van der Waals surface area contributed by atoms with E-state index in [-0.39, 0.29) is 30.7 Å². The fourth-order valence-corrected chi connectivity index (χ4v) is 5.37. The van der Waals surface area contributed by atoms with Crippen LogP contribution in [-0.4, -0.2) is 26.8 Å². The molecule has 2 aromatic carbocycles. The van der Waals surface area contributed by atoms with E-state index < -0.39 is 5.54 Å². The standard InChI is InChI=1S/C25H21ClFN3O2S/c1-25(24(32)28-13-16-6-8-19(27)9-7-16)15-29-21(12-17-10-11-33-23(17)29)22(31)30(25)14-18-4-2-3-5-20(18)26/h2-12H,13-15H2,1H3,(H,28,32). The van der Waals surface area contributed by atoms with Gasteiger partial charge in [-0.3, -0.25) is 9.59 Å². The van der Waals surface area contributed by atoms with E-state index in [9.17, 15) is 14.0 Å². The molecule has 0 fully saturated rings. The van der Waals surface area contributed by atoms with Crippen LogP contribution < -0.4 is 5.32 Å². The summed E-state index contributed by atoms with van der Waals surface area (Å²) >= 11 is 7.94. The summed E-state index contributed by atoms with van der Waals surface area (Å²) in [6, 6.07) is 17.2. The second-order valence-electron chi connectivity index (χ2n) is 8.36. The largest absolute Gasteiger partial charge is 0.350 e. The molecule has 0 aliphatic carbocycles. The fraction of sp³-hybridized carbons (Fsp3) is 0.200. The molecule has 5 nitrogen and oxygen atoms in total. The molecule has 0 bridgehead atoms. The second-order valence-corrected chi connectivity index (χ2v) is 9.66. The maximum absolute atomic E-state index is 13.7. The van der Waals surface area contributed by atoms with Crippen LogP contribution in [0.5, 0.6) is 0 Å². The molecule has 0 saturated heterocycles. The highest BCUT2D eigenvalue weighted by Crippen LogP contribution is 2.36. The predicted octanol–water partition coefficient (Wildman–Crippen LogP) is 5.23. The van der Waals surface area contributed by atoms with E-state index in [0.717, 1.165) is 21.3 Å². The zero-order valence-electron chi connectivity index (χ0n) is 17.8. The summed E-state index contributed by atoms with van der Waals surface area (Å²) < 4.78 is 15.2. The van der Waals surface area contributed by atoms with Crippen LogP contribution in [0.25, 0.3) is 10.2 Å². The Balaban J connectivity index is 1.51. The molecule has 8 heteroatoms. The van der Waals surface area contributed by atoms with E-state index >= 15 is 0 Å². The van der Waals surface area contributed by atoms with Crippen molar-refractivity contribution >= 4 is 45.0 Å². The van der Waals surface area contributed by atoms with Gasteiger partial charge in [-0.15, -0.1) is 11.3 Å². The molecule has 2 aromatic heterocycles. The third kappa shape index (κ3) is 3.81. The molecule has 1 unspecified atom stereocenters. The van der Waals surface area contributed by atoms with Gasteiger partial charge in [0.1, 0.15) is 21.9 Å². The maximum Gasteiger partial charge on any atom is 0.271 e. The van der Waals surface area contributed by atoms with Crippen molar-refractivity contribution in [1.29, 1.82) is 0 Å². The fourth-order valence-electron chi connectivity index (χ4n) is 4.28. The molecule has 168 valence electrons. The molecule has 3 heterocycles. The van der Waals surface area contributed by atoms with Crippen molar-refractivity contribution in [3.8, 4) is 0 Å². The number of thiophene rings is 1. The summed E-state index contributed by atoms with van der Waals surface area (Å²) in [5.74, 6) is -0.832. The van der Waals surface area contributed by atoms with E-state index in [1.807, 2.05) is 40.3 Å². The lowest BCUT2D eigenvalue weighted by molar-refractivity contribution is -0.133. The van der Waals surface area contributed by atoms with E-state index in [1.54, 1.807) is 41.4 Å². The van der Waals surface area contributed by atoms with Crippen LogP contribution in [0.15, 0.2) is 66.0 Å². The SMILES string of the molecule is CC1(C(=O)NCc2ccc(F)cc2)Cn2c(cc3ccsc32)C(=O)N1Cc1ccccc1Cl. The number of carbonyl (C=O) groups excluding carboxylic acids is 2. The van der Waals surface area contributed by atoms with Crippen molar-refractivity contribution in [2.75, 3.05) is 0 Å². The molecule has 1 aliphatic rings. The van der Waals surface area contributed by atoms with Crippen LogP contribution in [0.4, 0.5) is 4.39 Å². The number of fused-ring (bicyclic) bond motifs is 3. The molecule has 2 amide bonds. The van der Waals surface area contributed by atoms with E-state index in [4.69, 9.17) is 11.6 Å². The Morgan fingerprint density at radius 1 is 1.18 bits per heavy atom. The lowest BCUT2D eigenvalue weighted by atomic mass is 9.93. The number of amides is 2. The molecule has 0 saturated carbocycles. The minimum absolute atomic E-state index is 0.206. The van der Waals surface area contributed by atoms with Crippen molar-refractivity contribution < 1.29 is 14.0 Å². The molecule has 4 aromatic rings. The molecule has 0 radical (unpaired) electrons. The molecule has 5 rings (SSSR count). The maximum atomic E-state index is 13.7. The number of aromatic nitrogens is 1. The highest BCUT2D eigenvalue weighted by Gasteiger charge is 2.47. The summed E-state index contributed by atoms with van der Waals surface area (Å²) in [6.07, 6.45) is 0. The Morgan fingerprint density at radius 2 is 1.94 bits per heavy atom. The summed E-state index contributed by atoms with van der Waals surface area (Å²) in [5, 5.41) is 6.45. The zero-order chi connectivity index (χ0) is 23.2. The number of carbonyl (C=O) groups is 2. The van der Waals surface area contributed by atoms with Crippen molar-refractivity contribution in [3.63, 3.8) is 0 Å². The first-order valence-electron chi connectivity index (χ1n) is 10.5. The number of nitrogens with one attached hydrogen (secondary N) is 1. The van der Waals surface area contributed by atoms with Gasteiger partial charge in [0.25, 0.3) is 5.91 Å². The van der Waals surface area contributed by atoms with Gasteiger partial charge < -0.3 is 14.8 Å². The van der Waals surface area contributed by atoms with Crippen molar-refractivity contribution in [2.24, 2.45) is 0 Å². The highest BCUT2D eigenvalue weighted by molar-refractivity contribution is 7.16. The quantitative estimate of drug-likeness (QED) is 0.424. The van der Waals surface area contributed by atoms with Gasteiger partial charge in [-0.2, -0.15) is 0 Å². The smallest absolute Gasteiger partial charge is 0.271 e. The Hall–Kier alpha value is -3.16. The van der Waals surface area contributed by atoms with Gasteiger partial charge in [0, 0.05) is 23.5 Å². The monoisotopic (exact) mass is 481 g/mol. The first kappa shape index (κ1) is 21.7. The Morgan fingerprint density at radius 3 is 2.70 bits per heavy atom. The molecular weight excluding hydrogens is 461 g/mol. The summed E-state index contributed by atoms with van der Waals surface area (Å²) in [6.45, 7) is 2.54. The van der Waals surface area contributed by atoms with Crippen LogP contribution in [0.2, 0.25) is 5.02 Å². The topological polar surface area (TPSA) is 54.3 Å².